The van der Waals surface area contributed by atoms with Crippen molar-refractivity contribution in [3.63, 3.8) is 0 Å². The highest BCUT2D eigenvalue weighted by Crippen LogP contribution is 2.23. The molecular weight excluding hydrogens is 318 g/mol. The summed E-state index contributed by atoms with van der Waals surface area (Å²) < 4.78 is 11.3. The van der Waals surface area contributed by atoms with Crippen LogP contribution < -0.4 is 10.1 Å². The van der Waals surface area contributed by atoms with Gasteiger partial charge >= 0.3 is 0 Å². The van der Waals surface area contributed by atoms with E-state index in [1.807, 2.05) is 32.0 Å². The standard InChI is InChI=1S/C20H19NO4/c1-13-7-8-14(2)19(11-13)24-12-15-9-10-18(25-15)20(23)21-16-5-3-4-6-17(16)22/h3-11,22H,12H2,1-2H3,(H,21,23). The molecule has 0 saturated carbocycles. The lowest BCUT2D eigenvalue weighted by Crippen LogP contribution is -2.10. The third-order valence-corrected chi connectivity index (χ3v) is 3.75. The molecule has 0 aliphatic heterocycles. The Labute approximate surface area is 145 Å². The molecule has 2 aromatic carbocycles. The van der Waals surface area contributed by atoms with E-state index in [0.717, 1.165) is 16.9 Å². The van der Waals surface area contributed by atoms with E-state index in [-0.39, 0.29) is 18.1 Å². The Hall–Kier alpha value is -3.21. The van der Waals surface area contributed by atoms with Crippen LogP contribution in [0.15, 0.2) is 59.0 Å². The van der Waals surface area contributed by atoms with E-state index in [0.29, 0.717) is 11.4 Å². The van der Waals surface area contributed by atoms with E-state index < -0.39 is 5.91 Å². The van der Waals surface area contributed by atoms with Crippen LogP contribution in [0.4, 0.5) is 5.69 Å². The number of carbonyl (C=O) groups is 1. The number of hydrogen-bond donors (Lipinski definition) is 2. The van der Waals surface area contributed by atoms with Crippen LogP contribution in [0, 0.1) is 13.8 Å². The molecule has 0 atom stereocenters. The molecule has 0 saturated heterocycles. The molecule has 5 heteroatoms. The maximum atomic E-state index is 12.2. The van der Waals surface area contributed by atoms with Crippen LogP contribution in [0.1, 0.15) is 27.4 Å². The minimum atomic E-state index is -0.431. The van der Waals surface area contributed by atoms with Gasteiger partial charge in [0.15, 0.2) is 5.76 Å². The van der Waals surface area contributed by atoms with Gasteiger partial charge in [-0.25, -0.2) is 0 Å². The molecule has 0 radical (unpaired) electrons. The van der Waals surface area contributed by atoms with Gasteiger partial charge in [0.05, 0.1) is 5.69 Å². The zero-order valence-electron chi connectivity index (χ0n) is 14.1. The first kappa shape index (κ1) is 16.6. The molecule has 0 aliphatic rings. The van der Waals surface area contributed by atoms with E-state index >= 15 is 0 Å². The van der Waals surface area contributed by atoms with Crippen LogP contribution in [-0.4, -0.2) is 11.0 Å². The molecule has 0 bridgehead atoms. The van der Waals surface area contributed by atoms with E-state index in [1.54, 1.807) is 30.3 Å². The number of furan rings is 1. The van der Waals surface area contributed by atoms with E-state index in [2.05, 4.69) is 5.32 Å². The maximum Gasteiger partial charge on any atom is 0.291 e. The van der Waals surface area contributed by atoms with Gasteiger partial charge in [-0.05, 0) is 55.3 Å². The third-order valence-electron chi connectivity index (χ3n) is 3.75. The highest BCUT2D eigenvalue weighted by molar-refractivity contribution is 6.03. The monoisotopic (exact) mass is 337 g/mol. The van der Waals surface area contributed by atoms with Crippen LogP contribution in [0.2, 0.25) is 0 Å². The predicted molar refractivity (Wildman–Crippen MR) is 95.0 cm³/mol. The summed E-state index contributed by atoms with van der Waals surface area (Å²) in [5.74, 6) is 1.06. The minimum Gasteiger partial charge on any atom is -0.506 e. The molecular formula is C20H19NO4. The highest BCUT2D eigenvalue weighted by atomic mass is 16.5. The van der Waals surface area contributed by atoms with Gasteiger partial charge in [-0.2, -0.15) is 0 Å². The van der Waals surface area contributed by atoms with E-state index in [4.69, 9.17) is 9.15 Å². The largest absolute Gasteiger partial charge is 0.506 e. The van der Waals surface area contributed by atoms with Crippen molar-refractivity contribution in [3.05, 3.63) is 77.2 Å². The first-order valence-corrected chi connectivity index (χ1v) is 7.91. The second-order valence-corrected chi connectivity index (χ2v) is 5.79. The number of anilines is 1. The van der Waals surface area contributed by atoms with Crippen molar-refractivity contribution in [2.45, 2.75) is 20.5 Å². The fraction of sp³-hybridized carbons (Fsp3) is 0.150. The summed E-state index contributed by atoms with van der Waals surface area (Å²) in [7, 11) is 0. The summed E-state index contributed by atoms with van der Waals surface area (Å²) in [5.41, 5.74) is 2.48. The van der Waals surface area contributed by atoms with Gasteiger partial charge in [-0.15, -0.1) is 0 Å². The summed E-state index contributed by atoms with van der Waals surface area (Å²) in [6.07, 6.45) is 0. The molecule has 1 aromatic heterocycles. The topological polar surface area (TPSA) is 71.7 Å². The lowest BCUT2D eigenvalue weighted by Gasteiger charge is -2.08. The first-order chi connectivity index (χ1) is 12.0. The molecule has 0 spiro atoms. The molecule has 1 amide bonds. The Kier molecular flexibility index (Phi) is 4.75. The molecule has 3 rings (SSSR count). The zero-order chi connectivity index (χ0) is 17.8. The first-order valence-electron chi connectivity index (χ1n) is 7.91. The van der Waals surface area contributed by atoms with Crippen molar-refractivity contribution in [3.8, 4) is 11.5 Å². The van der Waals surface area contributed by atoms with Gasteiger partial charge in [0.25, 0.3) is 5.91 Å². The fourth-order valence-corrected chi connectivity index (χ4v) is 2.35. The van der Waals surface area contributed by atoms with Gasteiger partial charge in [0.1, 0.15) is 23.9 Å². The van der Waals surface area contributed by atoms with Crippen molar-refractivity contribution < 1.29 is 19.1 Å². The lowest BCUT2D eigenvalue weighted by molar-refractivity contribution is 0.0992. The molecule has 0 fully saturated rings. The highest BCUT2D eigenvalue weighted by Gasteiger charge is 2.13. The van der Waals surface area contributed by atoms with Crippen molar-refractivity contribution in [1.82, 2.24) is 0 Å². The number of carbonyl (C=O) groups excluding carboxylic acids is 1. The normalized spacial score (nSPS) is 10.5. The number of benzene rings is 2. The molecule has 2 N–H and O–H groups in total. The molecule has 0 unspecified atom stereocenters. The number of aryl methyl sites for hydroxylation is 2. The number of amides is 1. The Morgan fingerprint density at radius 2 is 1.92 bits per heavy atom. The van der Waals surface area contributed by atoms with Gasteiger partial charge in [0, 0.05) is 0 Å². The summed E-state index contributed by atoms with van der Waals surface area (Å²) in [6, 6.07) is 15.8. The fourth-order valence-electron chi connectivity index (χ4n) is 2.35. The maximum absolute atomic E-state index is 12.2. The van der Waals surface area contributed by atoms with Gasteiger partial charge in [-0.3, -0.25) is 4.79 Å². The summed E-state index contributed by atoms with van der Waals surface area (Å²) in [5, 5.41) is 12.3. The number of rotatable bonds is 5. The average Bonchev–Trinajstić information content (AvgIpc) is 3.07. The van der Waals surface area contributed by atoms with E-state index in [1.165, 1.54) is 6.07 Å². The number of phenolic OH excluding ortho intramolecular Hbond substituents is 1. The summed E-state index contributed by atoms with van der Waals surface area (Å²) in [4.78, 5) is 12.2. The number of phenols is 1. The van der Waals surface area contributed by atoms with Crippen molar-refractivity contribution >= 4 is 11.6 Å². The second-order valence-electron chi connectivity index (χ2n) is 5.79. The smallest absolute Gasteiger partial charge is 0.291 e. The lowest BCUT2D eigenvalue weighted by atomic mass is 10.1. The van der Waals surface area contributed by atoms with Gasteiger partial charge in [-0.1, -0.05) is 24.3 Å². The molecule has 5 nitrogen and oxygen atoms in total. The van der Waals surface area contributed by atoms with Crippen LogP contribution >= 0.6 is 0 Å². The SMILES string of the molecule is Cc1ccc(C)c(OCc2ccc(C(=O)Nc3ccccc3O)o2)c1. The number of aromatic hydroxyl groups is 1. The number of hydrogen-bond acceptors (Lipinski definition) is 4. The second kappa shape index (κ2) is 7.13. The summed E-state index contributed by atoms with van der Waals surface area (Å²) >= 11 is 0. The Bertz CT molecular complexity index is 898. The average molecular weight is 337 g/mol. The molecule has 1 heterocycles. The van der Waals surface area contributed by atoms with Crippen molar-refractivity contribution in [2.75, 3.05) is 5.32 Å². The van der Waals surface area contributed by atoms with Crippen molar-refractivity contribution in [2.24, 2.45) is 0 Å². The number of para-hydroxylation sites is 2. The van der Waals surface area contributed by atoms with Crippen molar-refractivity contribution in [1.29, 1.82) is 0 Å². The quantitative estimate of drug-likeness (QED) is 0.676. The van der Waals surface area contributed by atoms with Crippen LogP contribution in [0.3, 0.4) is 0 Å². The van der Waals surface area contributed by atoms with Crippen LogP contribution in [0.5, 0.6) is 11.5 Å². The third kappa shape index (κ3) is 4.01. The van der Waals surface area contributed by atoms with E-state index in [9.17, 15) is 9.90 Å². The van der Waals surface area contributed by atoms with Gasteiger partial charge < -0.3 is 19.6 Å². The Balaban J connectivity index is 1.65. The number of nitrogens with one attached hydrogen (secondary N) is 1. The Morgan fingerprint density at radius 3 is 2.72 bits per heavy atom. The van der Waals surface area contributed by atoms with Crippen LogP contribution in [-0.2, 0) is 6.61 Å². The zero-order valence-corrected chi connectivity index (χ0v) is 14.1. The molecule has 25 heavy (non-hydrogen) atoms. The molecule has 0 aliphatic carbocycles. The van der Waals surface area contributed by atoms with Crippen LogP contribution in [0.25, 0.3) is 0 Å². The minimum absolute atomic E-state index is 0.000820. The molecule has 3 aromatic rings. The number of ether oxygens (including phenoxy) is 1. The van der Waals surface area contributed by atoms with Gasteiger partial charge in [0.2, 0.25) is 0 Å². The molecule has 128 valence electrons. The predicted octanol–water partition coefficient (Wildman–Crippen LogP) is 4.43. The summed E-state index contributed by atoms with van der Waals surface area (Å²) in [6.45, 7) is 4.21. The Morgan fingerprint density at radius 1 is 1.12 bits per heavy atom.